The Hall–Kier alpha value is -2.31. The van der Waals surface area contributed by atoms with Gasteiger partial charge in [-0.3, -0.25) is 4.79 Å². The number of aromatic nitrogens is 1. The Labute approximate surface area is 116 Å². The first-order valence-corrected chi connectivity index (χ1v) is 6.23. The molecular formula is C14H10F3NO3. The standard InChI is InChI=1S/C14H10F3NO3/c1-14(2-3-14)12-7(13(20)21)11(19)5-4-6(15)8(16)9(17)10(5)18-12/h4H,2-3H2,1H3,(H,18,19)(H,20,21). The number of fused-ring (bicyclic) bond motifs is 1. The number of carboxylic acids is 1. The Balaban J connectivity index is 2.51. The average Bonchev–Trinajstić information content (AvgIpc) is 3.15. The maximum Gasteiger partial charge on any atom is 0.341 e. The lowest BCUT2D eigenvalue weighted by Gasteiger charge is -2.14. The number of H-pyrrole nitrogens is 1. The number of nitrogens with one attached hydrogen (secondary N) is 1. The molecule has 1 aliphatic rings. The van der Waals surface area contributed by atoms with Crippen LogP contribution in [0.5, 0.6) is 0 Å². The van der Waals surface area contributed by atoms with E-state index in [2.05, 4.69) is 4.98 Å². The Morgan fingerprint density at radius 3 is 2.43 bits per heavy atom. The zero-order valence-corrected chi connectivity index (χ0v) is 10.9. The quantitative estimate of drug-likeness (QED) is 0.837. The average molecular weight is 297 g/mol. The summed E-state index contributed by atoms with van der Waals surface area (Å²) in [7, 11) is 0. The molecule has 1 aromatic heterocycles. The number of rotatable bonds is 2. The van der Waals surface area contributed by atoms with Crippen molar-refractivity contribution in [2.75, 3.05) is 0 Å². The molecule has 1 saturated carbocycles. The van der Waals surface area contributed by atoms with Crippen molar-refractivity contribution in [1.82, 2.24) is 4.98 Å². The van der Waals surface area contributed by atoms with Crippen molar-refractivity contribution in [3.63, 3.8) is 0 Å². The Bertz CT molecular complexity index is 853. The molecule has 2 aromatic rings. The molecule has 0 amide bonds. The molecule has 1 heterocycles. The summed E-state index contributed by atoms with van der Waals surface area (Å²) in [6.07, 6.45) is 1.25. The number of aromatic carboxylic acids is 1. The molecule has 0 bridgehead atoms. The van der Waals surface area contributed by atoms with Crippen LogP contribution in [0.4, 0.5) is 13.2 Å². The maximum absolute atomic E-state index is 13.8. The first-order chi connectivity index (χ1) is 9.76. The zero-order valence-electron chi connectivity index (χ0n) is 10.9. The van der Waals surface area contributed by atoms with E-state index in [-0.39, 0.29) is 5.69 Å². The van der Waals surface area contributed by atoms with Crippen molar-refractivity contribution >= 4 is 16.9 Å². The highest BCUT2D eigenvalue weighted by atomic mass is 19.2. The summed E-state index contributed by atoms with van der Waals surface area (Å²) in [5.41, 5.74) is -2.60. The van der Waals surface area contributed by atoms with Crippen molar-refractivity contribution in [2.45, 2.75) is 25.2 Å². The summed E-state index contributed by atoms with van der Waals surface area (Å²) in [6, 6.07) is 0.512. The van der Waals surface area contributed by atoms with Crippen molar-refractivity contribution in [1.29, 1.82) is 0 Å². The maximum atomic E-state index is 13.8. The van der Waals surface area contributed by atoms with Crippen LogP contribution in [0.15, 0.2) is 10.9 Å². The Kier molecular flexibility index (Phi) is 2.66. The smallest absolute Gasteiger partial charge is 0.341 e. The molecule has 7 heteroatoms. The lowest BCUT2D eigenvalue weighted by Crippen LogP contribution is -2.24. The van der Waals surface area contributed by atoms with Gasteiger partial charge in [-0.15, -0.1) is 0 Å². The Morgan fingerprint density at radius 1 is 1.29 bits per heavy atom. The molecule has 0 spiro atoms. The third-order valence-electron chi connectivity index (χ3n) is 3.95. The van der Waals surface area contributed by atoms with E-state index in [1.807, 2.05) is 0 Å². The first kappa shape index (κ1) is 13.7. The van der Waals surface area contributed by atoms with E-state index >= 15 is 0 Å². The van der Waals surface area contributed by atoms with E-state index in [9.17, 15) is 27.9 Å². The van der Waals surface area contributed by atoms with E-state index in [4.69, 9.17) is 0 Å². The zero-order chi connectivity index (χ0) is 15.5. The highest BCUT2D eigenvalue weighted by Crippen LogP contribution is 2.47. The van der Waals surface area contributed by atoms with Crippen LogP contribution in [0.25, 0.3) is 10.9 Å². The third kappa shape index (κ3) is 1.84. The number of halogens is 3. The second-order valence-corrected chi connectivity index (χ2v) is 5.48. The highest BCUT2D eigenvalue weighted by Gasteiger charge is 2.44. The molecule has 0 radical (unpaired) electrons. The molecule has 1 aliphatic carbocycles. The van der Waals surface area contributed by atoms with Crippen LogP contribution in [-0.4, -0.2) is 16.1 Å². The van der Waals surface area contributed by atoms with Crippen LogP contribution in [0.3, 0.4) is 0 Å². The van der Waals surface area contributed by atoms with Crippen molar-refractivity contribution in [2.24, 2.45) is 0 Å². The fourth-order valence-corrected chi connectivity index (χ4v) is 2.43. The molecule has 110 valence electrons. The van der Waals surface area contributed by atoms with Crippen LogP contribution < -0.4 is 5.43 Å². The van der Waals surface area contributed by atoms with Gasteiger partial charge >= 0.3 is 5.97 Å². The number of carbonyl (C=O) groups is 1. The van der Waals surface area contributed by atoms with Gasteiger partial charge in [0.25, 0.3) is 0 Å². The van der Waals surface area contributed by atoms with Crippen LogP contribution in [0, 0.1) is 17.5 Å². The lowest BCUT2D eigenvalue weighted by molar-refractivity contribution is 0.0693. The van der Waals surface area contributed by atoms with Crippen LogP contribution in [0.1, 0.15) is 35.8 Å². The molecular weight excluding hydrogens is 287 g/mol. The van der Waals surface area contributed by atoms with Crippen molar-refractivity contribution in [3.05, 3.63) is 45.0 Å². The molecule has 0 saturated heterocycles. The fraction of sp³-hybridized carbons (Fsp3) is 0.286. The molecule has 0 aliphatic heterocycles. The SMILES string of the molecule is CC1(c2[nH]c3c(F)c(F)c(F)cc3c(=O)c2C(=O)O)CC1. The highest BCUT2D eigenvalue weighted by molar-refractivity contribution is 5.94. The van der Waals surface area contributed by atoms with E-state index in [1.54, 1.807) is 6.92 Å². The number of aromatic amines is 1. The van der Waals surface area contributed by atoms with Gasteiger partial charge in [-0.2, -0.15) is 0 Å². The molecule has 4 nitrogen and oxygen atoms in total. The van der Waals surface area contributed by atoms with Gasteiger partial charge in [0.2, 0.25) is 5.43 Å². The Morgan fingerprint density at radius 2 is 1.90 bits per heavy atom. The van der Waals surface area contributed by atoms with E-state index in [0.717, 1.165) is 0 Å². The van der Waals surface area contributed by atoms with Crippen LogP contribution >= 0.6 is 0 Å². The molecule has 3 rings (SSSR count). The predicted octanol–water partition coefficient (Wildman–Crippen LogP) is 2.70. The summed E-state index contributed by atoms with van der Waals surface area (Å²) in [5, 5.41) is 8.69. The lowest BCUT2D eigenvalue weighted by atomic mass is 9.97. The summed E-state index contributed by atoms with van der Waals surface area (Å²) in [5.74, 6) is -6.24. The summed E-state index contributed by atoms with van der Waals surface area (Å²) >= 11 is 0. The van der Waals surface area contributed by atoms with Crippen LogP contribution in [-0.2, 0) is 5.41 Å². The summed E-state index contributed by atoms with van der Waals surface area (Å²) in [4.78, 5) is 26.0. The summed E-state index contributed by atoms with van der Waals surface area (Å²) in [6.45, 7) is 1.72. The van der Waals surface area contributed by atoms with E-state index in [1.165, 1.54) is 0 Å². The van der Waals surface area contributed by atoms with Gasteiger partial charge in [0.15, 0.2) is 17.5 Å². The molecule has 0 atom stereocenters. The second kappa shape index (κ2) is 4.09. The van der Waals surface area contributed by atoms with Gasteiger partial charge in [-0.25, -0.2) is 18.0 Å². The van der Waals surface area contributed by atoms with Gasteiger partial charge in [0, 0.05) is 11.1 Å². The van der Waals surface area contributed by atoms with Gasteiger partial charge in [0.05, 0.1) is 10.9 Å². The van der Waals surface area contributed by atoms with Gasteiger partial charge < -0.3 is 10.1 Å². The number of hydrogen-bond donors (Lipinski definition) is 2. The summed E-state index contributed by atoms with van der Waals surface area (Å²) < 4.78 is 40.4. The monoisotopic (exact) mass is 297 g/mol. The molecule has 1 fully saturated rings. The molecule has 0 unspecified atom stereocenters. The number of pyridine rings is 1. The van der Waals surface area contributed by atoms with E-state index < -0.39 is 50.7 Å². The second-order valence-electron chi connectivity index (χ2n) is 5.48. The minimum atomic E-state index is -1.70. The van der Waals surface area contributed by atoms with Crippen molar-refractivity contribution < 1.29 is 23.1 Å². The molecule has 21 heavy (non-hydrogen) atoms. The van der Waals surface area contributed by atoms with Gasteiger partial charge in [0.1, 0.15) is 5.56 Å². The topological polar surface area (TPSA) is 70.2 Å². The predicted molar refractivity (Wildman–Crippen MR) is 68.0 cm³/mol. The largest absolute Gasteiger partial charge is 0.477 e. The van der Waals surface area contributed by atoms with Crippen molar-refractivity contribution in [3.8, 4) is 0 Å². The normalized spacial score (nSPS) is 16.2. The number of carboxylic acid groups (broad SMARTS) is 1. The minimum Gasteiger partial charge on any atom is -0.477 e. The number of hydrogen-bond acceptors (Lipinski definition) is 2. The van der Waals surface area contributed by atoms with Gasteiger partial charge in [-0.1, -0.05) is 6.92 Å². The minimum absolute atomic E-state index is 0.0532. The third-order valence-corrected chi connectivity index (χ3v) is 3.95. The molecule has 1 aromatic carbocycles. The first-order valence-electron chi connectivity index (χ1n) is 6.23. The number of benzene rings is 1. The fourth-order valence-electron chi connectivity index (χ4n) is 2.43. The van der Waals surface area contributed by atoms with E-state index in [0.29, 0.717) is 18.9 Å². The van der Waals surface area contributed by atoms with Gasteiger partial charge in [-0.05, 0) is 18.9 Å². The molecule has 2 N–H and O–H groups in total. The van der Waals surface area contributed by atoms with Crippen LogP contribution in [0.2, 0.25) is 0 Å².